The van der Waals surface area contributed by atoms with E-state index in [0.717, 1.165) is 12.8 Å². The lowest BCUT2D eigenvalue weighted by Crippen LogP contribution is -2.53. The molecule has 0 saturated carbocycles. The van der Waals surface area contributed by atoms with Gasteiger partial charge in [-0.3, -0.25) is 9.59 Å². The Morgan fingerprint density at radius 3 is 2.79 bits per heavy atom. The lowest BCUT2D eigenvalue weighted by atomic mass is 9.94. The van der Waals surface area contributed by atoms with Crippen molar-refractivity contribution in [3.63, 3.8) is 0 Å². The third-order valence-electron chi connectivity index (χ3n) is 3.22. The van der Waals surface area contributed by atoms with Gasteiger partial charge in [0.25, 0.3) is 0 Å². The molecule has 0 bridgehead atoms. The second-order valence-electron chi connectivity index (χ2n) is 5.01. The number of carbonyl (C=O) groups is 2. The first-order valence-corrected chi connectivity index (χ1v) is 6.72. The summed E-state index contributed by atoms with van der Waals surface area (Å²) >= 11 is 0. The van der Waals surface area contributed by atoms with E-state index in [-0.39, 0.29) is 18.9 Å². The van der Waals surface area contributed by atoms with Crippen LogP contribution in [-0.2, 0) is 19.1 Å². The van der Waals surface area contributed by atoms with E-state index >= 15 is 0 Å². The van der Waals surface area contributed by atoms with E-state index in [1.165, 1.54) is 0 Å². The van der Waals surface area contributed by atoms with E-state index < -0.39 is 17.6 Å². The number of aliphatic carboxylic acids is 1. The van der Waals surface area contributed by atoms with E-state index in [2.05, 4.69) is 5.32 Å². The predicted octanol–water partition coefficient (Wildman–Crippen LogP) is 0.942. The van der Waals surface area contributed by atoms with Crippen molar-refractivity contribution in [3.05, 3.63) is 0 Å². The van der Waals surface area contributed by atoms with Crippen LogP contribution in [0.15, 0.2) is 0 Å². The largest absolute Gasteiger partial charge is 0.481 e. The number of carboxylic acid groups (broad SMARTS) is 1. The van der Waals surface area contributed by atoms with Crippen LogP contribution in [0.25, 0.3) is 0 Å². The maximum Gasteiger partial charge on any atom is 0.305 e. The lowest BCUT2D eigenvalue weighted by molar-refractivity contribution is -0.140. The highest BCUT2D eigenvalue weighted by Crippen LogP contribution is 2.23. The fourth-order valence-corrected chi connectivity index (χ4v) is 2.02. The molecule has 1 fully saturated rings. The first kappa shape index (κ1) is 15.9. The summed E-state index contributed by atoms with van der Waals surface area (Å²) in [4.78, 5) is 22.9. The van der Waals surface area contributed by atoms with Crippen LogP contribution in [0.1, 0.15) is 39.5 Å². The van der Waals surface area contributed by atoms with Gasteiger partial charge in [-0.05, 0) is 19.8 Å². The SMILES string of the molecule is CCCCOC(C)C(=O)NC1(CC(=O)O)CCOC1. The number of nitrogens with one attached hydrogen (secondary N) is 1. The summed E-state index contributed by atoms with van der Waals surface area (Å²) in [7, 11) is 0. The highest BCUT2D eigenvalue weighted by atomic mass is 16.5. The van der Waals surface area contributed by atoms with Crippen LogP contribution >= 0.6 is 0 Å². The fourth-order valence-electron chi connectivity index (χ4n) is 2.02. The number of carbonyl (C=O) groups excluding carboxylic acids is 1. The molecule has 1 amide bonds. The second-order valence-corrected chi connectivity index (χ2v) is 5.01. The summed E-state index contributed by atoms with van der Waals surface area (Å²) in [5.41, 5.74) is -0.786. The zero-order valence-corrected chi connectivity index (χ0v) is 11.6. The molecule has 1 heterocycles. The van der Waals surface area contributed by atoms with Gasteiger partial charge < -0.3 is 19.9 Å². The molecule has 0 aromatic rings. The molecule has 1 rings (SSSR count). The third-order valence-corrected chi connectivity index (χ3v) is 3.22. The van der Waals surface area contributed by atoms with Gasteiger partial charge in [0.2, 0.25) is 5.91 Å². The Balaban J connectivity index is 2.49. The summed E-state index contributed by atoms with van der Waals surface area (Å²) in [5.74, 6) is -1.21. The van der Waals surface area contributed by atoms with Crippen molar-refractivity contribution >= 4 is 11.9 Å². The van der Waals surface area contributed by atoms with Crippen LogP contribution in [0, 0.1) is 0 Å². The number of ether oxygens (including phenoxy) is 2. The van der Waals surface area contributed by atoms with Crippen molar-refractivity contribution in [2.24, 2.45) is 0 Å². The maximum atomic E-state index is 12.0. The summed E-state index contributed by atoms with van der Waals surface area (Å²) in [6.45, 7) is 4.97. The number of hydrogen-bond donors (Lipinski definition) is 2. The molecule has 0 aromatic carbocycles. The first-order chi connectivity index (χ1) is 8.99. The Kier molecular flexibility index (Phi) is 6.24. The molecule has 2 N–H and O–H groups in total. The molecule has 1 aliphatic rings. The predicted molar refractivity (Wildman–Crippen MR) is 68.9 cm³/mol. The summed E-state index contributed by atoms with van der Waals surface area (Å²) in [6.07, 6.45) is 1.73. The second kappa shape index (κ2) is 7.45. The number of rotatable bonds is 8. The molecule has 0 spiro atoms. The minimum atomic E-state index is -0.939. The summed E-state index contributed by atoms with van der Waals surface area (Å²) in [6, 6.07) is 0. The van der Waals surface area contributed by atoms with Crippen molar-refractivity contribution in [3.8, 4) is 0 Å². The standard InChI is InChI=1S/C13H23NO5/c1-3-4-6-19-10(2)12(17)14-13(8-11(15)16)5-7-18-9-13/h10H,3-9H2,1-2H3,(H,14,17)(H,15,16). The molecule has 19 heavy (non-hydrogen) atoms. The Labute approximate surface area is 113 Å². The van der Waals surface area contributed by atoms with Crippen LogP contribution < -0.4 is 5.32 Å². The van der Waals surface area contributed by atoms with Gasteiger partial charge in [0.05, 0.1) is 18.6 Å². The molecule has 6 nitrogen and oxygen atoms in total. The highest BCUT2D eigenvalue weighted by molar-refractivity contribution is 5.82. The van der Waals surface area contributed by atoms with Gasteiger partial charge >= 0.3 is 5.97 Å². The van der Waals surface area contributed by atoms with Gasteiger partial charge in [-0.25, -0.2) is 0 Å². The Morgan fingerprint density at radius 2 is 2.26 bits per heavy atom. The maximum absolute atomic E-state index is 12.0. The number of amides is 1. The topological polar surface area (TPSA) is 84.9 Å². The minimum absolute atomic E-state index is 0.125. The molecule has 110 valence electrons. The minimum Gasteiger partial charge on any atom is -0.481 e. The lowest BCUT2D eigenvalue weighted by Gasteiger charge is -2.28. The van der Waals surface area contributed by atoms with Crippen LogP contribution in [0.3, 0.4) is 0 Å². The molecule has 2 atom stereocenters. The van der Waals surface area contributed by atoms with E-state index in [1.54, 1.807) is 6.92 Å². The van der Waals surface area contributed by atoms with Crippen LogP contribution in [0.2, 0.25) is 0 Å². The van der Waals surface area contributed by atoms with E-state index in [0.29, 0.717) is 19.6 Å². The number of unbranched alkanes of at least 4 members (excludes halogenated alkanes) is 1. The van der Waals surface area contributed by atoms with Gasteiger partial charge in [-0.1, -0.05) is 13.3 Å². The smallest absolute Gasteiger partial charge is 0.305 e. The zero-order chi connectivity index (χ0) is 14.3. The van der Waals surface area contributed by atoms with Gasteiger partial charge in [0, 0.05) is 13.2 Å². The van der Waals surface area contributed by atoms with E-state index in [1.807, 2.05) is 6.92 Å². The van der Waals surface area contributed by atoms with Crippen molar-refractivity contribution in [1.29, 1.82) is 0 Å². The van der Waals surface area contributed by atoms with Gasteiger partial charge in [0.15, 0.2) is 0 Å². The van der Waals surface area contributed by atoms with E-state index in [9.17, 15) is 9.59 Å². The Bertz CT molecular complexity index is 312. The molecule has 1 saturated heterocycles. The number of hydrogen-bond acceptors (Lipinski definition) is 4. The van der Waals surface area contributed by atoms with Crippen LogP contribution in [-0.4, -0.2) is 48.4 Å². The monoisotopic (exact) mass is 273 g/mol. The molecule has 0 radical (unpaired) electrons. The van der Waals surface area contributed by atoms with Crippen LogP contribution in [0.5, 0.6) is 0 Å². The molecule has 0 aliphatic carbocycles. The van der Waals surface area contributed by atoms with Crippen LogP contribution in [0.4, 0.5) is 0 Å². The molecule has 2 unspecified atom stereocenters. The highest BCUT2D eigenvalue weighted by Gasteiger charge is 2.39. The molecule has 0 aromatic heterocycles. The van der Waals surface area contributed by atoms with Crippen molar-refractivity contribution in [2.75, 3.05) is 19.8 Å². The quantitative estimate of drug-likeness (QED) is 0.643. The van der Waals surface area contributed by atoms with Crippen molar-refractivity contribution in [1.82, 2.24) is 5.32 Å². The third kappa shape index (κ3) is 5.16. The number of carboxylic acids is 1. The van der Waals surface area contributed by atoms with Gasteiger partial charge in [-0.15, -0.1) is 0 Å². The first-order valence-electron chi connectivity index (χ1n) is 6.72. The average Bonchev–Trinajstić information content (AvgIpc) is 2.76. The van der Waals surface area contributed by atoms with Crippen molar-refractivity contribution in [2.45, 2.75) is 51.2 Å². The normalized spacial score (nSPS) is 24.1. The van der Waals surface area contributed by atoms with E-state index in [4.69, 9.17) is 14.6 Å². The van der Waals surface area contributed by atoms with Gasteiger partial charge in [0.1, 0.15) is 6.10 Å². The van der Waals surface area contributed by atoms with Gasteiger partial charge in [-0.2, -0.15) is 0 Å². The molecule has 1 aliphatic heterocycles. The molecular formula is C13H23NO5. The summed E-state index contributed by atoms with van der Waals surface area (Å²) in [5, 5.41) is 11.7. The Hall–Kier alpha value is -1.14. The summed E-state index contributed by atoms with van der Waals surface area (Å²) < 4.78 is 10.6. The van der Waals surface area contributed by atoms with Crippen molar-refractivity contribution < 1.29 is 24.2 Å². The zero-order valence-electron chi connectivity index (χ0n) is 11.6. The average molecular weight is 273 g/mol. The Morgan fingerprint density at radius 1 is 1.53 bits per heavy atom. The molecular weight excluding hydrogens is 250 g/mol. The molecule has 6 heteroatoms. The fraction of sp³-hybridized carbons (Fsp3) is 0.846.